The van der Waals surface area contributed by atoms with Crippen LogP contribution < -0.4 is 5.32 Å². The summed E-state index contributed by atoms with van der Waals surface area (Å²) in [5.74, 6) is 0.862. The Morgan fingerprint density at radius 1 is 1.21 bits per heavy atom. The van der Waals surface area contributed by atoms with Crippen molar-refractivity contribution in [2.24, 2.45) is 4.99 Å². The Morgan fingerprint density at radius 2 is 1.96 bits per heavy atom. The van der Waals surface area contributed by atoms with Crippen molar-refractivity contribution >= 4 is 35.1 Å². The summed E-state index contributed by atoms with van der Waals surface area (Å²) in [4.78, 5) is 4.24. The molecular formula is C17H12ClN5O. The van der Waals surface area contributed by atoms with Crippen LogP contribution in [0.25, 0.3) is 0 Å². The van der Waals surface area contributed by atoms with Gasteiger partial charge in [-0.3, -0.25) is 5.10 Å². The van der Waals surface area contributed by atoms with Crippen LogP contribution >= 0.6 is 11.6 Å². The number of para-hydroxylation sites is 1. The Bertz CT molecular complexity index is 925. The molecule has 0 aliphatic heterocycles. The number of aromatic hydroxyl groups is 1. The molecule has 7 heteroatoms. The summed E-state index contributed by atoms with van der Waals surface area (Å²) in [6.45, 7) is 0. The highest BCUT2D eigenvalue weighted by Gasteiger charge is 2.13. The van der Waals surface area contributed by atoms with Crippen molar-refractivity contribution < 1.29 is 5.11 Å². The van der Waals surface area contributed by atoms with E-state index in [9.17, 15) is 10.4 Å². The number of benzene rings is 2. The number of aliphatic imine (C=N–C) groups is 1. The number of hydrogen-bond donors (Lipinski definition) is 3. The molecule has 0 amide bonds. The van der Waals surface area contributed by atoms with Crippen LogP contribution in [0.15, 0.2) is 53.5 Å². The molecule has 0 spiro atoms. The molecule has 6 nitrogen and oxygen atoms in total. The molecular weight excluding hydrogens is 326 g/mol. The van der Waals surface area contributed by atoms with Crippen LogP contribution in [0.4, 0.5) is 17.3 Å². The molecule has 0 saturated carbocycles. The number of phenolic OH excluding ortho intramolecular Hbond substituents is 1. The third-order valence-corrected chi connectivity index (χ3v) is 3.55. The third kappa shape index (κ3) is 3.37. The second-order valence-electron chi connectivity index (χ2n) is 4.86. The van der Waals surface area contributed by atoms with Gasteiger partial charge < -0.3 is 10.4 Å². The fourth-order valence-electron chi connectivity index (χ4n) is 2.01. The summed E-state index contributed by atoms with van der Waals surface area (Å²) in [5, 5.41) is 29.0. The van der Waals surface area contributed by atoms with Gasteiger partial charge in [0.25, 0.3) is 0 Å². The van der Waals surface area contributed by atoms with Crippen LogP contribution in [0.2, 0.25) is 5.02 Å². The van der Waals surface area contributed by atoms with E-state index in [1.54, 1.807) is 42.6 Å². The van der Waals surface area contributed by atoms with Gasteiger partial charge in [-0.15, -0.1) is 0 Å². The highest BCUT2D eigenvalue weighted by atomic mass is 35.5. The number of phenols is 1. The molecule has 0 unspecified atom stereocenters. The molecule has 0 bridgehead atoms. The lowest BCUT2D eigenvalue weighted by Gasteiger charge is -2.04. The first-order chi connectivity index (χ1) is 11.7. The Balaban J connectivity index is 1.86. The van der Waals surface area contributed by atoms with Crippen LogP contribution in [-0.4, -0.2) is 21.5 Å². The lowest BCUT2D eigenvalue weighted by Crippen LogP contribution is -1.93. The number of H-pyrrole nitrogens is 1. The molecule has 1 heterocycles. The standard InChI is InChI=1S/C17H12ClN5O/c18-14-3-1-2-4-15(14)21-17-13(9-19)16(22-23-17)20-10-11-5-7-12(24)8-6-11/h1-8,10,24H,(H2,21,22,23)/b20-10+. The van der Waals surface area contributed by atoms with E-state index in [0.29, 0.717) is 22.3 Å². The fourth-order valence-corrected chi connectivity index (χ4v) is 2.20. The highest BCUT2D eigenvalue weighted by Crippen LogP contribution is 2.29. The largest absolute Gasteiger partial charge is 0.508 e. The zero-order chi connectivity index (χ0) is 16.9. The Kier molecular flexibility index (Phi) is 4.45. The maximum atomic E-state index is 9.38. The molecule has 1 aromatic heterocycles. The molecule has 0 aliphatic carbocycles. The number of anilines is 2. The minimum atomic E-state index is 0.178. The maximum Gasteiger partial charge on any atom is 0.172 e. The number of hydrogen-bond acceptors (Lipinski definition) is 5. The van der Waals surface area contributed by atoms with Crippen LogP contribution in [0.3, 0.4) is 0 Å². The normalized spacial score (nSPS) is 10.7. The van der Waals surface area contributed by atoms with Gasteiger partial charge in [-0.1, -0.05) is 23.7 Å². The zero-order valence-electron chi connectivity index (χ0n) is 12.4. The number of aromatic nitrogens is 2. The minimum absolute atomic E-state index is 0.178. The molecule has 2 aromatic carbocycles. The molecule has 0 fully saturated rings. The molecule has 3 rings (SSSR count). The first kappa shape index (κ1) is 15.6. The van der Waals surface area contributed by atoms with E-state index in [0.717, 1.165) is 5.56 Å². The summed E-state index contributed by atoms with van der Waals surface area (Å²) < 4.78 is 0. The van der Waals surface area contributed by atoms with Crippen molar-refractivity contribution in [1.82, 2.24) is 10.2 Å². The minimum Gasteiger partial charge on any atom is -0.508 e. The summed E-state index contributed by atoms with van der Waals surface area (Å²) in [7, 11) is 0. The van der Waals surface area contributed by atoms with Gasteiger partial charge in [0.1, 0.15) is 17.4 Å². The first-order valence-corrected chi connectivity index (χ1v) is 7.38. The maximum absolute atomic E-state index is 9.38. The average Bonchev–Trinajstić information content (AvgIpc) is 2.98. The lowest BCUT2D eigenvalue weighted by atomic mass is 10.2. The molecule has 3 N–H and O–H groups in total. The van der Waals surface area contributed by atoms with Gasteiger partial charge in [-0.2, -0.15) is 10.4 Å². The van der Waals surface area contributed by atoms with Crippen LogP contribution in [0, 0.1) is 11.3 Å². The number of nitriles is 1. The van der Waals surface area contributed by atoms with Gasteiger partial charge in [0.15, 0.2) is 11.6 Å². The number of nitrogens with zero attached hydrogens (tertiary/aromatic N) is 3. The van der Waals surface area contributed by atoms with Gasteiger partial charge in [0.05, 0.1) is 10.7 Å². The van der Waals surface area contributed by atoms with E-state index >= 15 is 0 Å². The van der Waals surface area contributed by atoms with Crippen molar-refractivity contribution in [2.75, 3.05) is 5.32 Å². The second-order valence-corrected chi connectivity index (χ2v) is 5.27. The molecule has 0 radical (unpaired) electrons. The van der Waals surface area contributed by atoms with Gasteiger partial charge in [0, 0.05) is 6.21 Å². The Hall–Kier alpha value is -3.30. The van der Waals surface area contributed by atoms with E-state index in [4.69, 9.17) is 11.6 Å². The summed E-state index contributed by atoms with van der Waals surface area (Å²) in [6, 6.07) is 15.8. The smallest absolute Gasteiger partial charge is 0.172 e. The van der Waals surface area contributed by atoms with E-state index in [2.05, 4.69) is 26.6 Å². The zero-order valence-corrected chi connectivity index (χ0v) is 13.1. The lowest BCUT2D eigenvalue weighted by molar-refractivity contribution is 0.475. The molecule has 3 aromatic rings. The molecule has 0 saturated heterocycles. The number of rotatable bonds is 4. The summed E-state index contributed by atoms with van der Waals surface area (Å²) >= 11 is 6.10. The number of aromatic amines is 1. The number of halogens is 1. The monoisotopic (exact) mass is 337 g/mol. The summed E-state index contributed by atoms with van der Waals surface area (Å²) in [5.41, 5.74) is 1.72. The van der Waals surface area contributed by atoms with E-state index in [1.807, 2.05) is 12.1 Å². The van der Waals surface area contributed by atoms with E-state index in [-0.39, 0.29) is 11.3 Å². The quantitative estimate of drug-likeness (QED) is 0.623. The number of nitrogens with one attached hydrogen (secondary N) is 2. The average molecular weight is 338 g/mol. The van der Waals surface area contributed by atoms with Gasteiger partial charge in [-0.05, 0) is 42.0 Å². The van der Waals surface area contributed by atoms with Crippen molar-refractivity contribution in [1.29, 1.82) is 5.26 Å². The highest BCUT2D eigenvalue weighted by molar-refractivity contribution is 6.33. The predicted octanol–water partition coefficient (Wildman–Crippen LogP) is 4.13. The summed E-state index contributed by atoms with van der Waals surface area (Å²) in [6.07, 6.45) is 1.58. The van der Waals surface area contributed by atoms with E-state index in [1.165, 1.54) is 0 Å². The van der Waals surface area contributed by atoms with Gasteiger partial charge in [-0.25, -0.2) is 4.99 Å². The topological polar surface area (TPSA) is 97.1 Å². The molecule has 0 aliphatic rings. The Morgan fingerprint density at radius 3 is 2.67 bits per heavy atom. The third-order valence-electron chi connectivity index (χ3n) is 3.22. The van der Waals surface area contributed by atoms with E-state index < -0.39 is 0 Å². The van der Waals surface area contributed by atoms with Gasteiger partial charge >= 0.3 is 0 Å². The Labute approximate surface area is 143 Å². The van der Waals surface area contributed by atoms with Crippen molar-refractivity contribution in [3.8, 4) is 11.8 Å². The first-order valence-electron chi connectivity index (χ1n) is 7.00. The SMILES string of the molecule is N#Cc1c(Nc2ccccc2Cl)n[nH]c1/N=C/c1ccc(O)cc1. The van der Waals surface area contributed by atoms with Crippen LogP contribution in [-0.2, 0) is 0 Å². The van der Waals surface area contributed by atoms with Crippen LogP contribution in [0.5, 0.6) is 5.75 Å². The van der Waals surface area contributed by atoms with Crippen LogP contribution in [0.1, 0.15) is 11.1 Å². The van der Waals surface area contributed by atoms with Crippen molar-refractivity contribution in [3.63, 3.8) is 0 Å². The second kappa shape index (κ2) is 6.86. The van der Waals surface area contributed by atoms with Crippen molar-refractivity contribution in [3.05, 3.63) is 64.7 Å². The molecule has 118 valence electrons. The molecule has 24 heavy (non-hydrogen) atoms. The fraction of sp³-hybridized carbons (Fsp3) is 0. The molecule has 0 atom stereocenters. The van der Waals surface area contributed by atoms with Crippen molar-refractivity contribution in [2.45, 2.75) is 0 Å². The predicted molar refractivity (Wildman–Crippen MR) is 93.4 cm³/mol. The van der Waals surface area contributed by atoms with Gasteiger partial charge in [0.2, 0.25) is 0 Å².